The van der Waals surface area contributed by atoms with Gasteiger partial charge in [-0.05, 0) is 11.8 Å². The summed E-state index contributed by atoms with van der Waals surface area (Å²) in [6, 6.07) is 0. The molecule has 0 aliphatic carbocycles. The Morgan fingerprint density at radius 1 is 0.750 bits per heavy atom. The Bertz CT molecular complexity index is 141. The van der Waals surface area contributed by atoms with Crippen LogP contribution in [0.4, 0.5) is 0 Å². The van der Waals surface area contributed by atoms with E-state index in [2.05, 4.69) is 20.8 Å². The van der Waals surface area contributed by atoms with Crippen molar-refractivity contribution in [2.45, 2.75) is 98.3 Å². The fraction of sp³-hybridized carbons (Fsp3) is 1.00. The van der Waals surface area contributed by atoms with E-state index < -0.39 is 0 Å². The molecule has 0 aromatic rings. The average molecular weight is 227 g/mol. The highest BCUT2D eigenvalue weighted by molar-refractivity contribution is 4.74. The molecule has 0 aromatic carbocycles. The van der Waals surface area contributed by atoms with Crippen LogP contribution in [-0.4, -0.2) is 0 Å². The van der Waals surface area contributed by atoms with Crippen molar-refractivity contribution in [3.63, 3.8) is 0 Å². The molecule has 98 valence electrons. The summed E-state index contributed by atoms with van der Waals surface area (Å²) in [5.74, 6) is 0. The summed E-state index contributed by atoms with van der Waals surface area (Å²) in [5, 5.41) is 0. The summed E-state index contributed by atoms with van der Waals surface area (Å²) in [6.45, 7) is 7.68. The van der Waals surface area contributed by atoms with Gasteiger partial charge in [-0.25, -0.2) is 0 Å². The predicted molar refractivity (Wildman–Crippen MR) is 75.9 cm³/mol. The number of hydrogen-bond donors (Lipinski definition) is 0. The van der Waals surface area contributed by atoms with Crippen LogP contribution in [0.15, 0.2) is 0 Å². The van der Waals surface area contributed by atoms with E-state index in [1.165, 1.54) is 64.2 Å². The topological polar surface area (TPSA) is 0 Å². The van der Waals surface area contributed by atoms with Gasteiger partial charge in [0.1, 0.15) is 0 Å². The molecule has 0 heterocycles. The highest BCUT2D eigenvalue weighted by Crippen LogP contribution is 2.36. The van der Waals surface area contributed by atoms with Crippen molar-refractivity contribution < 1.29 is 1.37 Å². The van der Waals surface area contributed by atoms with Gasteiger partial charge in [-0.3, -0.25) is 0 Å². The summed E-state index contributed by atoms with van der Waals surface area (Å²) in [7, 11) is 0. The smallest absolute Gasteiger partial charge is 0.0230 e. The van der Waals surface area contributed by atoms with Crippen LogP contribution in [0.25, 0.3) is 0 Å². The van der Waals surface area contributed by atoms with Gasteiger partial charge >= 0.3 is 0 Å². The molecule has 0 aliphatic rings. The van der Waals surface area contributed by atoms with Crippen molar-refractivity contribution in [1.82, 2.24) is 0 Å². The number of rotatable bonds is 11. The Kier molecular flexibility index (Phi) is 8.94. The highest BCUT2D eigenvalue weighted by atomic mass is 14.3. The minimum Gasteiger partial charge on any atom is -0.0654 e. The van der Waals surface area contributed by atoms with E-state index >= 15 is 0 Å². The van der Waals surface area contributed by atoms with Crippen molar-refractivity contribution in [2.24, 2.45) is 5.41 Å². The fourth-order valence-electron chi connectivity index (χ4n) is 2.66. The molecule has 0 radical (unpaired) electrons. The average Bonchev–Trinajstić information content (AvgIpc) is 2.38. The molecule has 0 unspecified atom stereocenters. The van der Waals surface area contributed by atoms with Crippen molar-refractivity contribution in [2.75, 3.05) is 0 Å². The lowest BCUT2D eigenvalue weighted by molar-refractivity contribution is 0.220. The molecule has 0 aromatic heterocycles. The monoisotopic (exact) mass is 227 g/mol. The van der Waals surface area contributed by atoms with Gasteiger partial charge in [0.25, 0.3) is 0 Å². The van der Waals surface area contributed by atoms with Crippen LogP contribution in [0.1, 0.15) is 99.7 Å². The summed E-state index contributed by atoms with van der Waals surface area (Å²) < 4.78 is 7.08. The molecule has 0 rings (SSSR count). The van der Waals surface area contributed by atoms with E-state index in [4.69, 9.17) is 1.37 Å². The molecule has 0 amide bonds. The molecule has 0 atom stereocenters. The molecular weight excluding hydrogens is 192 g/mol. The zero-order valence-electron chi connectivity index (χ0n) is 13.0. The van der Waals surface area contributed by atoms with Crippen LogP contribution in [0, 0.1) is 5.41 Å². The van der Waals surface area contributed by atoms with Gasteiger partial charge in [0.2, 0.25) is 0 Å². The summed E-state index contributed by atoms with van der Waals surface area (Å²) >= 11 is 0. The van der Waals surface area contributed by atoms with Gasteiger partial charge in [0, 0.05) is 1.37 Å². The quantitative estimate of drug-likeness (QED) is 0.361. The molecule has 0 nitrogen and oxygen atoms in total. The van der Waals surface area contributed by atoms with E-state index in [0.717, 1.165) is 6.42 Å². The maximum absolute atomic E-state index is 7.08. The normalized spacial score (nSPS) is 12.8. The van der Waals surface area contributed by atoms with Gasteiger partial charge in [0.15, 0.2) is 0 Å². The Morgan fingerprint density at radius 2 is 1.25 bits per heavy atom. The lowest BCUT2D eigenvalue weighted by Crippen LogP contribution is -2.17. The number of unbranched alkanes of at least 4 members (excludes halogenated alkanes) is 6. The minimum atomic E-state index is 0.617. The molecule has 0 N–H and O–H groups in total. The van der Waals surface area contributed by atoms with E-state index in [1.54, 1.807) is 0 Å². The van der Waals surface area contributed by atoms with Crippen molar-refractivity contribution in [1.29, 1.82) is 0 Å². The third-order valence-corrected chi connectivity index (χ3v) is 4.46. The van der Waals surface area contributed by atoms with Crippen molar-refractivity contribution in [3.05, 3.63) is 0 Å². The van der Waals surface area contributed by atoms with Crippen LogP contribution < -0.4 is 0 Å². The van der Waals surface area contributed by atoms with Crippen molar-refractivity contribution >= 4 is 0 Å². The van der Waals surface area contributed by atoms with Gasteiger partial charge in [-0.2, -0.15) is 0 Å². The summed E-state index contributed by atoms with van der Waals surface area (Å²) in [4.78, 5) is 0. The first-order valence-electron chi connectivity index (χ1n) is 8.24. The molecule has 0 spiro atoms. The standard InChI is InChI=1S/C16H34/c1-5-9-10-11-12-13-14-15-16(6-2,7-3)8-4/h5-15H2,1-4H3/i1D. The largest absolute Gasteiger partial charge is 0.0654 e. The second kappa shape index (κ2) is 10.2. The molecule has 0 bridgehead atoms. The molecule has 0 fully saturated rings. The predicted octanol–water partition coefficient (Wildman–Crippen LogP) is 6.34. The van der Waals surface area contributed by atoms with Crippen molar-refractivity contribution in [3.8, 4) is 0 Å². The molecule has 16 heavy (non-hydrogen) atoms. The Balaban J connectivity index is 3.43. The zero-order valence-corrected chi connectivity index (χ0v) is 12.0. The lowest BCUT2D eigenvalue weighted by Gasteiger charge is -2.30. The third kappa shape index (κ3) is 6.55. The van der Waals surface area contributed by atoms with Gasteiger partial charge in [-0.15, -0.1) is 0 Å². The molecule has 0 saturated carbocycles. The van der Waals surface area contributed by atoms with Crippen LogP contribution in [0.3, 0.4) is 0 Å². The van der Waals surface area contributed by atoms with Crippen LogP contribution in [0.5, 0.6) is 0 Å². The maximum Gasteiger partial charge on any atom is 0.0230 e. The van der Waals surface area contributed by atoms with Crippen LogP contribution in [0.2, 0.25) is 0 Å². The minimum absolute atomic E-state index is 0.617. The van der Waals surface area contributed by atoms with Gasteiger partial charge < -0.3 is 0 Å². The second-order valence-corrected chi connectivity index (χ2v) is 5.29. The first-order chi connectivity index (χ1) is 8.24. The van der Waals surface area contributed by atoms with Crippen LogP contribution >= 0.6 is 0 Å². The number of hydrogen-bond acceptors (Lipinski definition) is 0. The lowest BCUT2D eigenvalue weighted by atomic mass is 9.75. The van der Waals surface area contributed by atoms with Crippen LogP contribution in [-0.2, 0) is 0 Å². The van der Waals surface area contributed by atoms with Gasteiger partial charge in [0.05, 0.1) is 0 Å². The molecular formula is C16H34. The van der Waals surface area contributed by atoms with E-state index in [0.29, 0.717) is 12.3 Å². The maximum atomic E-state index is 7.08. The third-order valence-electron chi connectivity index (χ3n) is 4.46. The molecule has 0 saturated heterocycles. The van der Waals surface area contributed by atoms with E-state index in [-0.39, 0.29) is 0 Å². The highest BCUT2D eigenvalue weighted by Gasteiger charge is 2.22. The Morgan fingerprint density at radius 3 is 1.75 bits per heavy atom. The Hall–Kier alpha value is 0. The summed E-state index contributed by atoms with van der Waals surface area (Å²) in [5.41, 5.74) is 0.644. The van der Waals surface area contributed by atoms with E-state index in [9.17, 15) is 0 Å². The summed E-state index contributed by atoms with van der Waals surface area (Å²) in [6.07, 6.45) is 14.8. The molecule has 0 heteroatoms. The SMILES string of the molecule is [2H]CCCCCCCCCC(CC)(CC)CC. The molecule has 0 aliphatic heterocycles. The first-order valence-corrected chi connectivity index (χ1v) is 7.54. The zero-order chi connectivity index (χ0) is 13.0. The first kappa shape index (κ1) is 14.1. The Labute approximate surface area is 106 Å². The van der Waals surface area contributed by atoms with E-state index in [1.807, 2.05) is 0 Å². The fourth-order valence-corrected chi connectivity index (χ4v) is 2.66. The van der Waals surface area contributed by atoms with Gasteiger partial charge in [-0.1, -0.05) is 91.9 Å². The second-order valence-electron chi connectivity index (χ2n) is 5.29.